The average Bonchev–Trinajstić information content (AvgIpc) is 0.870. The molecule has 18 aromatic rings. The van der Waals surface area contributed by atoms with Crippen LogP contribution in [-0.4, -0.2) is 28.3 Å². The van der Waals surface area contributed by atoms with Gasteiger partial charge in [0.1, 0.15) is 11.0 Å². The van der Waals surface area contributed by atoms with Crippen LogP contribution in [0.3, 0.4) is 0 Å². The van der Waals surface area contributed by atoms with Crippen LogP contribution >= 0.6 is 11.6 Å². The molecule has 116 heavy (non-hydrogen) atoms. The van der Waals surface area contributed by atoms with E-state index in [0.29, 0.717) is 28.1 Å². The summed E-state index contributed by atoms with van der Waals surface area (Å²) in [5.41, 5.74) is 31.4. The minimum atomic E-state index is -0.335. The van der Waals surface area contributed by atoms with Gasteiger partial charge >= 0.3 is 7.12 Å². The summed E-state index contributed by atoms with van der Waals surface area (Å²) in [5.74, 6) is 1.16. The molecule has 3 heterocycles. The summed E-state index contributed by atoms with van der Waals surface area (Å²) in [6.07, 6.45) is 0. The molecular formula is C106H76BClN4O4. The van der Waals surface area contributed by atoms with Gasteiger partial charge in [0, 0.05) is 27.3 Å². The van der Waals surface area contributed by atoms with Gasteiger partial charge in [-0.3, -0.25) is 0 Å². The Morgan fingerprint density at radius 2 is 0.552 bits per heavy atom. The van der Waals surface area contributed by atoms with E-state index < -0.39 is 0 Å². The SMILES string of the molecule is Clc1ccc(-c2nc3c(-c4ccc(-c5ccccc5)cc4)cc(-c4ccc(-c5ccccc5)cc4)cc3o2)cc1.N#Cc1ccc(-c2ccc(-c3ccc(-c4nc5c(-c6ccc(-c7ccccc7)cc6)cc(-c6ccc(-c7ccccc7)cc6)cc5o4)cc3)cc2)cc1.[C-]#[N+]c1ccc(-c2ccc(B3OC(C)(C)C(C)(C)O3)cc2)cc1. The largest absolute Gasteiger partial charge is 0.494 e. The van der Waals surface area contributed by atoms with E-state index in [4.69, 9.17) is 51.5 Å². The molecule has 16 aromatic carbocycles. The lowest BCUT2D eigenvalue weighted by Crippen LogP contribution is -2.41. The van der Waals surface area contributed by atoms with Gasteiger partial charge in [0.05, 0.1) is 29.4 Å². The zero-order valence-corrected chi connectivity index (χ0v) is 65.1. The van der Waals surface area contributed by atoms with Crippen molar-refractivity contribution in [3.8, 4) is 151 Å². The molecule has 0 aliphatic carbocycles. The van der Waals surface area contributed by atoms with Gasteiger partial charge in [-0.15, -0.1) is 0 Å². The Labute approximate surface area is 681 Å². The molecule has 19 rings (SSSR count). The van der Waals surface area contributed by atoms with Gasteiger partial charge < -0.3 is 18.1 Å². The van der Waals surface area contributed by atoms with E-state index in [1.807, 2.05) is 109 Å². The van der Waals surface area contributed by atoms with Crippen molar-refractivity contribution in [1.29, 1.82) is 5.26 Å². The molecule has 1 aliphatic heterocycles. The monoisotopic (exact) mass is 1510 g/mol. The first-order valence-corrected chi connectivity index (χ1v) is 39.0. The van der Waals surface area contributed by atoms with Crippen molar-refractivity contribution < 1.29 is 18.1 Å². The highest BCUT2D eigenvalue weighted by molar-refractivity contribution is 6.62. The third kappa shape index (κ3) is 16.2. The van der Waals surface area contributed by atoms with E-state index in [9.17, 15) is 0 Å². The molecule has 8 nitrogen and oxygen atoms in total. The molecular weight excluding hydrogens is 1440 g/mol. The van der Waals surface area contributed by atoms with Gasteiger partial charge in [-0.1, -0.05) is 327 Å². The van der Waals surface area contributed by atoms with Crippen molar-refractivity contribution in [2.45, 2.75) is 38.9 Å². The Bertz CT molecular complexity index is 6530. The van der Waals surface area contributed by atoms with E-state index in [0.717, 1.165) is 117 Å². The van der Waals surface area contributed by atoms with Crippen LogP contribution in [-0.2, 0) is 9.31 Å². The van der Waals surface area contributed by atoms with E-state index in [1.54, 1.807) is 0 Å². The van der Waals surface area contributed by atoms with Crippen molar-refractivity contribution in [1.82, 2.24) is 9.97 Å². The lowest BCUT2D eigenvalue weighted by Gasteiger charge is -2.32. The Morgan fingerprint density at radius 3 is 0.853 bits per heavy atom. The second-order valence-corrected chi connectivity index (χ2v) is 30.2. The maximum atomic E-state index is 9.12. The third-order valence-corrected chi connectivity index (χ3v) is 22.1. The van der Waals surface area contributed by atoms with Crippen LogP contribution < -0.4 is 5.46 Å². The summed E-state index contributed by atoms with van der Waals surface area (Å²) in [6, 6.07) is 135. The van der Waals surface area contributed by atoms with Gasteiger partial charge in [-0.05, 0) is 217 Å². The highest BCUT2D eigenvalue weighted by Gasteiger charge is 2.51. The Balaban J connectivity index is 0.000000135. The first kappa shape index (κ1) is 74.5. The second kappa shape index (κ2) is 32.8. The van der Waals surface area contributed by atoms with Crippen molar-refractivity contribution >= 4 is 52.1 Å². The molecule has 0 unspecified atom stereocenters. The molecule has 0 amide bonds. The van der Waals surface area contributed by atoms with Gasteiger partial charge in [0.25, 0.3) is 0 Å². The fourth-order valence-corrected chi connectivity index (χ4v) is 14.7. The van der Waals surface area contributed by atoms with Crippen LogP contribution in [0.25, 0.3) is 172 Å². The third-order valence-electron chi connectivity index (χ3n) is 21.8. The molecule has 0 atom stereocenters. The maximum absolute atomic E-state index is 9.12. The van der Waals surface area contributed by atoms with Crippen LogP contribution in [0.5, 0.6) is 0 Å². The molecule has 0 bridgehead atoms. The molecule has 0 saturated carbocycles. The Kier molecular flexibility index (Phi) is 21.1. The molecule has 1 saturated heterocycles. The van der Waals surface area contributed by atoms with Gasteiger partial charge in [0.2, 0.25) is 11.8 Å². The predicted octanol–water partition coefficient (Wildman–Crippen LogP) is 28.4. The average molecular weight is 1520 g/mol. The first-order chi connectivity index (χ1) is 56.7. The standard InChI is InChI=1S/C50H32N2O.C37H24ClNO.C19H20BNO2/c51-33-34-11-13-37(14-12-34)40-15-17-41(18-16-40)42-25-29-45(30-26-42)50-52-49-47(44-27-23-39(24-28-44)36-9-5-2-6-10-36)31-46(32-48(49)53-50)43-21-19-38(20-22-43)35-7-3-1-4-8-35;38-33-21-19-31(20-22-33)37-39-36-34(30-17-15-28(16-18-30)26-9-5-2-6-10-26)23-32(24-35(36)40-37)29-13-11-27(12-14-29)25-7-3-1-4-8-25;1-18(2)19(3,4)23-20(22-18)16-10-6-14(7-11-16)15-8-12-17(21-5)13-9-15/h1-32H;1-24H;6-13H,1-4H3. The summed E-state index contributed by atoms with van der Waals surface area (Å²) in [7, 11) is -0.335. The minimum Gasteiger partial charge on any atom is -0.436 e. The fraction of sp³-hybridized carbons (Fsp3) is 0.0566. The zero-order valence-electron chi connectivity index (χ0n) is 64.3. The number of aromatic nitrogens is 2. The van der Waals surface area contributed by atoms with Crippen LogP contribution in [0, 0.1) is 17.9 Å². The zero-order chi connectivity index (χ0) is 79.1. The molecule has 1 aliphatic rings. The fourth-order valence-electron chi connectivity index (χ4n) is 14.5. The topological polar surface area (TPSA) is 98.7 Å². The van der Waals surface area contributed by atoms with E-state index >= 15 is 0 Å². The highest BCUT2D eigenvalue weighted by atomic mass is 35.5. The minimum absolute atomic E-state index is 0.327. The number of nitriles is 1. The summed E-state index contributed by atoms with van der Waals surface area (Å²) < 4.78 is 25.1. The van der Waals surface area contributed by atoms with E-state index in [-0.39, 0.29) is 18.3 Å². The van der Waals surface area contributed by atoms with Gasteiger partial charge in [-0.2, -0.15) is 5.26 Å². The van der Waals surface area contributed by atoms with E-state index in [2.05, 4.69) is 318 Å². The normalized spacial score (nSPS) is 12.6. The van der Waals surface area contributed by atoms with Crippen LogP contribution in [0.1, 0.15) is 33.3 Å². The molecule has 0 N–H and O–H groups in total. The molecule has 10 heteroatoms. The second-order valence-electron chi connectivity index (χ2n) is 29.8. The van der Waals surface area contributed by atoms with Crippen LogP contribution in [0.2, 0.25) is 5.02 Å². The summed E-state index contributed by atoms with van der Waals surface area (Å²) in [5, 5.41) is 9.80. The lowest BCUT2D eigenvalue weighted by atomic mass is 9.78. The molecule has 0 radical (unpaired) electrons. The number of nitrogens with zero attached hydrogens (tertiary/aromatic N) is 4. The number of benzene rings is 16. The Hall–Kier alpha value is -14.3. The lowest BCUT2D eigenvalue weighted by molar-refractivity contribution is 0.00578. The Morgan fingerprint density at radius 1 is 0.302 bits per heavy atom. The van der Waals surface area contributed by atoms with Gasteiger partial charge in [-0.25, -0.2) is 14.8 Å². The quantitative estimate of drug-likeness (QED) is 0.0790. The summed E-state index contributed by atoms with van der Waals surface area (Å²) in [4.78, 5) is 13.5. The molecule has 2 aromatic heterocycles. The number of rotatable bonds is 14. The van der Waals surface area contributed by atoms with Crippen molar-refractivity contribution in [3.05, 3.63) is 410 Å². The number of hydrogen-bond acceptors (Lipinski definition) is 7. The first-order valence-electron chi connectivity index (χ1n) is 38.7. The summed E-state index contributed by atoms with van der Waals surface area (Å²) in [6.45, 7) is 15.2. The van der Waals surface area contributed by atoms with Crippen LogP contribution in [0.4, 0.5) is 5.69 Å². The maximum Gasteiger partial charge on any atom is 0.494 e. The number of hydrogen-bond donors (Lipinski definition) is 0. The van der Waals surface area contributed by atoms with Crippen LogP contribution in [0.15, 0.2) is 397 Å². The molecule has 1 fully saturated rings. The number of halogens is 1. The van der Waals surface area contributed by atoms with Crippen molar-refractivity contribution in [2.24, 2.45) is 0 Å². The number of oxazole rings is 2. The number of fused-ring (bicyclic) bond motifs is 2. The molecule has 0 spiro atoms. The predicted molar refractivity (Wildman–Crippen MR) is 477 cm³/mol. The molecule has 554 valence electrons. The highest BCUT2D eigenvalue weighted by Crippen LogP contribution is 2.42. The van der Waals surface area contributed by atoms with Crippen molar-refractivity contribution in [3.63, 3.8) is 0 Å². The van der Waals surface area contributed by atoms with Gasteiger partial charge in [0.15, 0.2) is 16.9 Å². The van der Waals surface area contributed by atoms with Crippen molar-refractivity contribution in [2.75, 3.05) is 0 Å². The van der Waals surface area contributed by atoms with E-state index in [1.165, 1.54) is 44.5 Å². The smallest absolute Gasteiger partial charge is 0.436 e. The summed E-state index contributed by atoms with van der Waals surface area (Å²) >= 11 is 6.13.